The fraction of sp³-hybridized carbons (Fsp3) is 0.133. The van der Waals surface area contributed by atoms with Gasteiger partial charge in [-0.3, -0.25) is 0 Å². The summed E-state index contributed by atoms with van der Waals surface area (Å²) >= 11 is 2.89. The Hall–Kier alpha value is -1.95. The Balaban J connectivity index is 1.76. The van der Waals surface area contributed by atoms with E-state index in [9.17, 15) is 13.6 Å². The molecule has 21 heavy (non-hydrogen) atoms. The highest BCUT2D eigenvalue weighted by Gasteiger charge is 2.24. The smallest absolute Gasteiger partial charge is 0.316 e. The predicted octanol–water partition coefficient (Wildman–Crippen LogP) is 4.28. The van der Waals surface area contributed by atoms with Gasteiger partial charge in [-0.2, -0.15) is 0 Å². The van der Waals surface area contributed by atoms with Crippen LogP contribution < -0.4 is 5.32 Å². The molecule has 108 valence electrons. The summed E-state index contributed by atoms with van der Waals surface area (Å²) in [5.41, 5.74) is 1.96. The van der Waals surface area contributed by atoms with Crippen molar-refractivity contribution in [2.75, 3.05) is 5.32 Å². The number of carbonyl (C=O) groups excluding carboxylic acids is 1. The van der Waals surface area contributed by atoms with Gasteiger partial charge in [0.2, 0.25) is 0 Å². The van der Waals surface area contributed by atoms with Gasteiger partial charge in [-0.15, -0.1) is 0 Å². The summed E-state index contributed by atoms with van der Waals surface area (Å²) in [5, 5.41) is 2.41. The average molecular weight is 353 g/mol. The molecular formula is C15H11BrF2N2O. The van der Waals surface area contributed by atoms with E-state index in [2.05, 4.69) is 21.2 Å². The quantitative estimate of drug-likeness (QED) is 0.763. The van der Waals surface area contributed by atoms with E-state index >= 15 is 0 Å². The van der Waals surface area contributed by atoms with Crippen LogP contribution in [0.5, 0.6) is 0 Å². The lowest BCUT2D eigenvalue weighted by atomic mass is 10.1. The minimum absolute atomic E-state index is 0.0200. The first-order chi connectivity index (χ1) is 10.1. The van der Waals surface area contributed by atoms with Gasteiger partial charge in [0.25, 0.3) is 0 Å². The Bertz CT molecular complexity index is 696. The van der Waals surface area contributed by atoms with Crippen LogP contribution in [0.15, 0.2) is 40.9 Å². The van der Waals surface area contributed by atoms with E-state index < -0.39 is 17.7 Å². The number of urea groups is 1. The molecule has 3 rings (SSSR count). The molecule has 0 radical (unpaired) electrons. The van der Waals surface area contributed by atoms with Gasteiger partial charge in [-0.05, 0) is 39.2 Å². The number of anilines is 1. The number of nitrogens with zero attached hydrogens (tertiary/aromatic N) is 1. The highest BCUT2D eigenvalue weighted by Crippen LogP contribution is 2.26. The Kier molecular flexibility index (Phi) is 3.63. The van der Waals surface area contributed by atoms with Crippen molar-refractivity contribution >= 4 is 27.6 Å². The van der Waals surface area contributed by atoms with Crippen LogP contribution in [-0.4, -0.2) is 10.9 Å². The first-order valence-corrected chi connectivity index (χ1v) is 7.12. The van der Waals surface area contributed by atoms with Gasteiger partial charge in [0, 0.05) is 13.1 Å². The first-order valence-electron chi connectivity index (χ1n) is 6.32. The lowest BCUT2D eigenvalue weighted by molar-refractivity contribution is 0.212. The number of hydrogen-bond donors (Lipinski definition) is 1. The van der Waals surface area contributed by atoms with Crippen LogP contribution in [0.25, 0.3) is 0 Å². The Morgan fingerprint density at radius 3 is 2.29 bits per heavy atom. The molecule has 2 aromatic carbocycles. The number of benzene rings is 2. The Morgan fingerprint density at radius 1 is 1.05 bits per heavy atom. The number of amides is 2. The van der Waals surface area contributed by atoms with Crippen molar-refractivity contribution in [2.45, 2.75) is 13.1 Å². The van der Waals surface area contributed by atoms with E-state index in [0.717, 1.165) is 11.1 Å². The molecule has 1 N–H and O–H groups in total. The zero-order valence-electron chi connectivity index (χ0n) is 10.9. The van der Waals surface area contributed by atoms with E-state index in [1.807, 2.05) is 24.3 Å². The molecule has 0 bridgehead atoms. The van der Waals surface area contributed by atoms with Gasteiger partial charge in [0.05, 0.1) is 10.2 Å². The second-order valence-electron chi connectivity index (χ2n) is 4.78. The summed E-state index contributed by atoms with van der Waals surface area (Å²) in [5.74, 6) is -2.09. The molecule has 0 aliphatic carbocycles. The van der Waals surface area contributed by atoms with Crippen LogP contribution in [0, 0.1) is 11.6 Å². The topological polar surface area (TPSA) is 32.3 Å². The van der Waals surface area contributed by atoms with Gasteiger partial charge in [0.1, 0.15) is 0 Å². The molecule has 2 aromatic rings. The lowest BCUT2D eigenvalue weighted by Gasteiger charge is -2.17. The highest BCUT2D eigenvalue weighted by atomic mass is 79.9. The normalized spacial score (nSPS) is 13.2. The van der Waals surface area contributed by atoms with Gasteiger partial charge in [-0.25, -0.2) is 13.6 Å². The van der Waals surface area contributed by atoms with Crippen molar-refractivity contribution in [3.8, 4) is 0 Å². The second-order valence-corrected chi connectivity index (χ2v) is 5.63. The third-order valence-electron chi connectivity index (χ3n) is 3.40. The lowest BCUT2D eigenvalue weighted by Crippen LogP contribution is -2.30. The minimum Gasteiger partial charge on any atom is -0.316 e. The fourth-order valence-electron chi connectivity index (χ4n) is 2.29. The Labute approximate surface area is 128 Å². The maximum atomic E-state index is 13.7. The summed E-state index contributed by atoms with van der Waals surface area (Å²) < 4.78 is 27.2. The fourth-order valence-corrected chi connectivity index (χ4v) is 2.60. The van der Waals surface area contributed by atoms with Crippen LogP contribution in [0.4, 0.5) is 19.3 Å². The van der Waals surface area contributed by atoms with Crippen LogP contribution in [0.1, 0.15) is 11.1 Å². The molecule has 2 amide bonds. The maximum absolute atomic E-state index is 13.7. The molecule has 0 atom stereocenters. The first kappa shape index (κ1) is 14.0. The van der Waals surface area contributed by atoms with Crippen molar-refractivity contribution in [3.63, 3.8) is 0 Å². The number of halogens is 3. The molecule has 6 heteroatoms. The summed E-state index contributed by atoms with van der Waals surface area (Å²) in [4.78, 5) is 13.7. The van der Waals surface area contributed by atoms with Gasteiger partial charge >= 0.3 is 6.03 Å². The van der Waals surface area contributed by atoms with Crippen molar-refractivity contribution in [1.29, 1.82) is 0 Å². The van der Waals surface area contributed by atoms with E-state index in [-0.39, 0.29) is 10.2 Å². The standard InChI is InChI=1S/C15H11BrF2N2O/c16-11-5-6-12(14(18)13(11)17)19-15(21)20-7-9-3-1-2-4-10(9)8-20/h1-6H,7-8H2,(H,19,21). The van der Waals surface area contributed by atoms with Crippen molar-refractivity contribution < 1.29 is 13.6 Å². The Morgan fingerprint density at radius 2 is 1.67 bits per heavy atom. The van der Waals surface area contributed by atoms with E-state index in [1.54, 1.807) is 4.90 Å². The third kappa shape index (κ3) is 2.63. The molecule has 0 aromatic heterocycles. The maximum Gasteiger partial charge on any atom is 0.322 e. The third-order valence-corrected chi connectivity index (χ3v) is 4.02. The van der Waals surface area contributed by atoms with Crippen LogP contribution in [-0.2, 0) is 13.1 Å². The summed E-state index contributed by atoms with van der Waals surface area (Å²) in [6.45, 7) is 0.922. The summed E-state index contributed by atoms with van der Waals surface area (Å²) in [7, 11) is 0. The summed E-state index contributed by atoms with van der Waals surface area (Å²) in [6.07, 6.45) is 0. The molecule has 0 saturated heterocycles. The van der Waals surface area contributed by atoms with Crippen LogP contribution in [0.3, 0.4) is 0 Å². The molecule has 1 heterocycles. The number of fused-ring (bicyclic) bond motifs is 1. The number of nitrogens with one attached hydrogen (secondary N) is 1. The van der Waals surface area contributed by atoms with Crippen LogP contribution >= 0.6 is 15.9 Å². The predicted molar refractivity (Wildman–Crippen MR) is 78.8 cm³/mol. The minimum atomic E-state index is -1.07. The molecule has 0 unspecified atom stereocenters. The van der Waals surface area contributed by atoms with Crippen molar-refractivity contribution in [2.24, 2.45) is 0 Å². The van der Waals surface area contributed by atoms with Crippen molar-refractivity contribution in [3.05, 3.63) is 63.6 Å². The zero-order valence-corrected chi connectivity index (χ0v) is 12.5. The molecule has 0 fully saturated rings. The zero-order chi connectivity index (χ0) is 15.0. The largest absolute Gasteiger partial charge is 0.322 e. The number of hydrogen-bond acceptors (Lipinski definition) is 1. The van der Waals surface area contributed by atoms with Gasteiger partial charge < -0.3 is 10.2 Å². The molecular weight excluding hydrogens is 342 g/mol. The molecule has 0 saturated carbocycles. The van der Waals surface area contributed by atoms with E-state index in [1.165, 1.54) is 12.1 Å². The number of carbonyl (C=O) groups is 1. The number of rotatable bonds is 1. The van der Waals surface area contributed by atoms with Gasteiger partial charge in [-0.1, -0.05) is 24.3 Å². The SMILES string of the molecule is O=C(Nc1ccc(Br)c(F)c1F)N1Cc2ccccc2C1. The van der Waals surface area contributed by atoms with Crippen molar-refractivity contribution in [1.82, 2.24) is 4.90 Å². The molecule has 0 spiro atoms. The highest BCUT2D eigenvalue weighted by molar-refractivity contribution is 9.10. The van der Waals surface area contributed by atoms with E-state index in [0.29, 0.717) is 13.1 Å². The monoisotopic (exact) mass is 352 g/mol. The molecule has 1 aliphatic rings. The van der Waals surface area contributed by atoms with Gasteiger partial charge in [0.15, 0.2) is 11.6 Å². The average Bonchev–Trinajstić information content (AvgIpc) is 2.92. The van der Waals surface area contributed by atoms with E-state index in [4.69, 9.17) is 0 Å². The molecule has 3 nitrogen and oxygen atoms in total. The van der Waals surface area contributed by atoms with Crippen LogP contribution in [0.2, 0.25) is 0 Å². The second kappa shape index (κ2) is 5.44. The molecule has 1 aliphatic heterocycles. The summed E-state index contributed by atoms with van der Waals surface area (Å²) in [6, 6.07) is 9.93.